The summed E-state index contributed by atoms with van der Waals surface area (Å²) in [6.07, 6.45) is 16.2. The van der Waals surface area contributed by atoms with Crippen molar-refractivity contribution in [2.45, 2.75) is 44.9 Å². The number of halogens is 1. The fourth-order valence-electron chi connectivity index (χ4n) is 2.38. The second kappa shape index (κ2) is 12.3. The van der Waals surface area contributed by atoms with Crippen molar-refractivity contribution in [3.8, 4) is 0 Å². The number of fused-ring (bicyclic) bond motifs is 1. The topological polar surface area (TPSA) is 51.2 Å². The summed E-state index contributed by atoms with van der Waals surface area (Å²) in [5.74, 6) is 2.19. The number of carbonyl (C=O) groups excluding carboxylic acids is 2. The Kier molecular flexibility index (Phi) is 14.1. The first-order valence-electron chi connectivity index (χ1n) is 7.38. The molecule has 2 fully saturated rings. The van der Waals surface area contributed by atoms with Crippen molar-refractivity contribution in [2.24, 2.45) is 11.8 Å². The molecule has 0 spiro atoms. The van der Waals surface area contributed by atoms with E-state index in [1.807, 2.05) is 6.08 Å². The monoisotopic (exact) mass is 450 g/mol. The molecule has 0 amide bonds. The van der Waals surface area contributed by atoms with Gasteiger partial charge < -0.3 is 25.4 Å². The zero-order valence-electron chi connectivity index (χ0n) is 15.3. The summed E-state index contributed by atoms with van der Waals surface area (Å²) in [7, 11) is -1.42. The molecule has 3 rings (SSSR count). The fraction of sp³-hybridized carbons (Fsp3) is 0.750. The third-order valence-corrected chi connectivity index (χ3v) is 3.43. The number of carbonyl (C=O) groups is 2. The second-order valence-corrected chi connectivity index (χ2v) is 9.90. The predicted molar refractivity (Wildman–Crippen MR) is 85.4 cm³/mol. The molecule has 0 bridgehead atoms. The molecule has 0 N–H and O–H groups in total. The Balaban J connectivity index is -0.000000252. The Labute approximate surface area is 176 Å². The predicted octanol–water partition coefficient (Wildman–Crippen LogP) is -2.83. The van der Waals surface area contributed by atoms with Crippen LogP contribution in [0.2, 0.25) is 0 Å². The Hall–Kier alpha value is 0.960. The Morgan fingerprint density at radius 2 is 1.73 bits per heavy atom. The molecule has 2 atom stereocenters. The van der Waals surface area contributed by atoms with Crippen molar-refractivity contribution in [1.29, 1.82) is 0 Å². The van der Waals surface area contributed by atoms with Gasteiger partial charge in [-0.15, -0.1) is 4.21 Å². The number of hydrogen-bond acceptors (Lipinski definition) is 3. The zero-order valence-corrected chi connectivity index (χ0v) is 19.2. The minimum absolute atomic E-state index is 0. The molecule has 3 aliphatic rings. The van der Waals surface area contributed by atoms with Crippen LogP contribution in [0.4, 0.5) is 0 Å². The van der Waals surface area contributed by atoms with Gasteiger partial charge in [-0.2, -0.15) is 0 Å². The minimum atomic E-state index is -1.42. The molecule has 3 aliphatic carbocycles. The average Bonchev–Trinajstić information content (AvgIpc) is 3.09. The van der Waals surface area contributed by atoms with Crippen molar-refractivity contribution in [2.75, 3.05) is 18.8 Å². The van der Waals surface area contributed by atoms with Crippen LogP contribution in [0.15, 0.2) is 12.2 Å². The van der Waals surface area contributed by atoms with Crippen LogP contribution in [-0.4, -0.2) is 30.3 Å². The third-order valence-electron chi connectivity index (χ3n) is 3.43. The minimum Gasteiger partial charge on any atom is -1.00 e. The van der Waals surface area contributed by atoms with Crippen molar-refractivity contribution in [3.05, 3.63) is 12.2 Å². The maximum atomic E-state index is 10.8. The van der Waals surface area contributed by atoms with E-state index in [-0.39, 0.29) is 60.7 Å². The summed E-state index contributed by atoms with van der Waals surface area (Å²) in [6.45, 7) is 0. The molecule has 6 heteroatoms. The normalized spacial score (nSPS) is 25.0. The van der Waals surface area contributed by atoms with E-state index in [2.05, 4.69) is 0 Å². The Morgan fingerprint density at radius 1 is 1.14 bits per heavy atom. The number of rotatable bonds is 0. The van der Waals surface area contributed by atoms with Crippen LogP contribution in [-0.2, 0) is 23.7 Å². The molecule has 0 radical (unpaired) electrons. The molecule has 0 aliphatic heterocycles. The smallest absolute Gasteiger partial charge is 1.00 e. The third kappa shape index (κ3) is 13.4. The van der Waals surface area contributed by atoms with Crippen molar-refractivity contribution in [1.82, 2.24) is 0 Å². The van der Waals surface area contributed by atoms with Crippen LogP contribution < -0.4 is 53.5 Å². The molecule has 0 aromatic carbocycles. The molecule has 0 heterocycles. The van der Waals surface area contributed by atoms with E-state index in [9.17, 15) is 13.8 Å². The number of hydrogen-bond donors (Lipinski definition) is 0. The van der Waals surface area contributed by atoms with E-state index < -0.39 is 9.93 Å². The number of allylic oxidation sites excluding steroid dienone is 2. The van der Waals surface area contributed by atoms with Gasteiger partial charge in [0.25, 0.3) is 0 Å². The summed E-state index contributed by atoms with van der Waals surface area (Å²) in [6, 6.07) is 0. The molecule has 0 aromatic rings. The summed E-state index contributed by atoms with van der Waals surface area (Å²) in [4.78, 5) is 21.2. The van der Waals surface area contributed by atoms with Crippen molar-refractivity contribution >= 4 is 21.5 Å². The van der Waals surface area contributed by atoms with E-state index in [1.54, 1.807) is 24.8 Å². The van der Waals surface area contributed by atoms with Crippen LogP contribution in [0.1, 0.15) is 46.4 Å². The fourth-order valence-corrected chi connectivity index (χ4v) is 2.38. The van der Waals surface area contributed by atoms with Crippen molar-refractivity contribution < 1.29 is 68.8 Å². The quantitative estimate of drug-likeness (QED) is 0.227. The van der Waals surface area contributed by atoms with Gasteiger partial charge in [-0.25, -0.2) is 0 Å². The molecule has 2 saturated carbocycles. The largest absolute Gasteiger partial charge is 1.00 e. The van der Waals surface area contributed by atoms with E-state index in [0.717, 1.165) is 31.6 Å². The van der Waals surface area contributed by atoms with E-state index >= 15 is 0 Å². The van der Waals surface area contributed by atoms with Gasteiger partial charge in [0.1, 0.15) is 24.6 Å². The summed E-state index contributed by atoms with van der Waals surface area (Å²) in [5, 5.41) is 0. The SMILES string of the molecule is C[S+](C)(C)=O.O=C1C=CCCC1.O=C1CCCC2CC12.[H-].[I-].[Na+]. The second-order valence-electron chi connectivity index (χ2n) is 6.45. The van der Waals surface area contributed by atoms with Crippen LogP contribution in [0.5, 0.6) is 0 Å². The first-order valence-corrected chi connectivity index (χ1v) is 10.2. The Bertz CT molecular complexity index is 429. The first kappa shape index (κ1) is 25.2. The van der Waals surface area contributed by atoms with Crippen LogP contribution in [0.3, 0.4) is 0 Å². The summed E-state index contributed by atoms with van der Waals surface area (Å²) in [5.41, 5.74) is 0. The average molecular weight is 450 g/mol. The van der Waals surface area contributed by atoms with Gasteiger partial charge in [0, 0.05) is 18.8 Å². The molecule has 3 nitrogen and oxygen atoms in total. The molecular weight excluding hydrogens is 422 g/mol. The van der Waals surface area contributed by atoms with Gasteiger partial charge in [-0.05, 0) is 44.1 Å². The van der Waals surface area contributed by atoms with Crippen LogP contribution >= 0.6 is 0 Å². The summed E-state index contributed by atoms with van der Waals surface area (Å²) < 4.78 is 10.2. The molecule has 22 heavy (non-hydrogen) atoms. The first-order chi connectivity index (χ1) is 9.27. The van der Waals surface area contributed by atoms with Gasteiger partial charge >= 0.3 is 29.6 Å². The van der Waals surface area contributed by atoms with Gasteiger partial charge in [0.05, 0.1) is 9.93 Å². The summed E-state index contributed by atoms with van der Waals surface area (Å²) >= 11 is 0. The van der Waals surface area contributed by atoms with Crippen LogP contribution in [0.25, 0.3) is 0 Å². The van der Waals surface area contributed by atoms with Gasteiger partial charge in [-0.1, -0.05) is 6.08 Å². The maximum Gasteiger partial charge on any atom is 1.00 e. The van der Waals surface area contributed by atoms with E-state index in [4.69, 9.17) is 0 Å². The van der Waals surface area contributed by atoms with Gasteiger partial charge in [-0.3, -0.25) is 9.59 Å². The molecular formula is C16H28INaO3S. The standard InChI is InChI=1S/C7H10O.C6H8O.C3H9OS.HI.Na.H/c8-7-3-1-2-5-4-6(5)7;7-6-4-2-1-3-5-6;1-5(2,3)4;;;/h5-6H,1-4H2;2,4H,1,3,5H2;1-3H3;1H;;/q;;+1;;+1;-1/p-1. The maximum absolute atomic E-state index is 10.8. The van der Waals surface area contributed by atoms with Gasteiger partial charge in [0.2, 0.25) is 0 Å². The zero-order chi connectivity index (χ0) is 15.2. The van der Waals surface area contributed by atoms with Crippen molar-refractivity contribution in [3.63, 3.8) is 0 Å². The molecule has 0 aromatic heterocycles. The molecule has 124 valence electrons. The molecule has 0 saturated heterocycles. The van der Waals surface area contributed by atoms with Gasteiger partial charge in [0.15, 0.2) is 5.78 Å². The molecule has 2 unspecified atom stereocenters. The number of ketones is 2. The van der Waals surface area contributed by atoms with Crippen LogP contribution in [0, 0.1) is 11.8 Å². The number of Topliss-reactive ketones (excluding diaryl/α,β-unsaturated/α-hetero) is 1. The Morgan fingerprint density at radius 3 is 2.05 bits per heavy atom. The van der Waals surface area contributed by atoms with E-state index in [0.29, 0.717) is 11.7 Å². The van der Waals surface area contributed by atoms with E-state index in [1.165, 1.54) is 19.3 Å².